The summed E-state index contributed by atoms with van der Waals surface area (Å²) in [5.74, 6) is 0.371. The summed E-state index contributed by atoms with van der Waals surface area (Å²) in [5.41, 5.74) is 1.76. The molecule has 0 saturated heterocycles. The highest BCUT2D eigenvalue weighted by atomic mass is 35.5. The fourth-order valence-corrected chi connectivity index (χ4v) is 4.96. The third-order valence-electron chi connectivity index (χ3n) is 6.77. The summed E-state index contributed by atoms with van der Waals surface area (Å²) in [7, 11) is 0. The number of amides is 1. The minimum atomic E-state index is -0.581. The Hall–Kier alpha value is -4.04. The van der Waals surface area contributed by atoms with E-state index in [0.29, 0.717) is 52.7 Å². The Kier molecular flexibility index (Phi) is 8.45. The Balaban J connectivity index is 1.96. The number of halogens is 1. The van der Waals surface area contributed by atoms with E-state index < -0.39 is 11.0 Å². The van der Waals surface area contributed by atoms with E-state index in [4.69, 9.17) is 16.6 Å². The number of non-ortho nitro benzene ring substituents is 1. The lowest BCUT2D eigenvalue weighted by Crippen LogP contribution is -2.39. The summed E-state index contributed by atoms with van der Waals surface area (Å²) >= 11 is 6.23. The van der Waals surface area contributed by atoms with Gasteiger partial charge in [-0.25, -0.2) is 4.98 Å². The lowest BCUT2D eigenvalue weighted by atomic mass is 10.0. The zero-order valence-corrected chi connectivity index (χ0v) is 23.2. The van der Waals surface area contributed by atoms with Crippen LogP contribution >= 0.6 is 11.6 Å². The molecule has 9 heteroatoms. The SMILES string of the molecule is CCC(c1nc2ccccc2c(=O)n1-c1ccc(Cl)cc1C)N(CCC(C)C)C(=O)c1cccc([N+](=O)[O-])c1. The van der Waals surface area contributed by atoms with Crippen molar-refractivity contribution in [1.82, 2.24) is 14.5 Å². The Morgan fingerprint density at radius 3 is 2.51 bits per heavy atom. The highest BCUT2D eigenvalue weighted by Gasteiger charge is 2.30. The Morgan fingerprint density at radius 2 is 1.85 bits per heavy atom. The van der Waals surface area contributed by atoms with E-state index in [9.17, 15) is 19.7 Å². The normalized spacial score (nSPS) is 12.1. The summed E-state index contributed by atoms with van der Waals surface area (Å²) in [6.07, 6.45) is 1.17. The molecule has 4 aromatic rings. The number of fused-ring (bicyclic) bond motifs is 1. The first kappa shape index (κ1) is 28.0. The summed E-state index contributed by atoms with van der Waals surface area (Å²) in [5, 5.41) is 12.4. The summed E-state index contributed by atoms with van der Waals surface area (Å²) in [6.45, 7) is 8.34. The smallest absolute Gasteiger partial charge is 0.270 e. The third-order valence-corrected chi connectivity index (χ3v) is 7.01. The first-order valence-electron chi connectivity index (χ1n) is 13.0. The molecule has 4 rings (SSSR count). The molecule has 1 heterocycles. The van der Waals surface area contributed by atoms with Gasteiger partial charge >= 0.3 is 0 Å². The van der Waals surface area contributed by atoms with Crippen molar-refractivity contribution in [2.45, 2.75) is 46.6 Å². The van der Waals surface area contributed by atoms with Crippen LogP contribution < -0.4 is 5.56 Å². The predicted molar refractivity (Wildman–Crippen MR) is 154 cm³/mol. The Labute approximate surface area is 232 Å². The van der Waals surface area contributed by atoms with Crippen LogP contribution in [0.5, 0.6) is 0 Å². The highest BCUT2D eigenvalue weighted by molar-refractivity contribution is 6.30. The fourth-order valence-electron chi connectivity index (χ4n) is 4.73. The van der Waals surface area contributed by atoms with Crippen LogP contribution in [-0.2, 0) is 0 Å². The van der Waals surface area contributed by atoms with Gasteiger partial charge in [-0.05, 0) is 67.6 Å². The largest absolute Gasteiger partial charge is 0.328 e. The van der Waals surface area contributed by atoms with Crippen molar-refractivity contribution in [2.24, 2.45) is 5.92 Å². The molecule has 0 spiro atoms. The van der Waals surface area contributed by atoms with Gasteiger partial charge in [0.1, 0.15) is 5.82 Å². The number of rotatable bonds is 9. The predicted octanol–water partition coefficient (Wildman–Crippen LogP) is 6.90. The van der Waals surface area contributed by atoms with Crippen molar-refractivity contribution in [1.29, 1.82) is 0 Å². The molecule has 0 aliphatic rings. The average Bonchev–Trinajstić information content (AvgIpc) is 2.91. The van der Waals surface area contributed by atoms with Crippen LogP contribution in [0.1, 0.15) is 61.4 Å². The molecule has 39 heavy (non-hydrogen) atoms. The van der Waals surface area contributed by atoms with Gasteiger partial charge in [-0.3, -0.25) is 24.3 Å². The van der Waals surface area contributed by atoms with Crippen molar-refractivity contribution < 1.29 is 9.72 Å². The maximum Gasteiger partial charge on any atom is 0.270 e. The number of nitro groups is 1. The molecule has 3 aromatic carbocycles. The molecule has 202 valence electrons. The van der Waals surface area contributed by atoms with Crippen LogP contribution in [0.25, 0.3) is 16.6 Å². The van der Waals surface area contributed by atoms with E-state index in [1.807, 2.05) is 19.9 Å². The van der Waals surface area contributed by atoms with Gasteiger partial charge in [-0.15, -0.1) is 0 Å². The number of hydrogen-bond donors (Lipinski definition) is 0. The maximum atomic E-state index is 14.0. The van der Waals surface area contributed by atoms with Crippen LogP contribution in [0.3, 0.4) is 0 Å². The van der Waals surface area contributed by atoms with Crippen molar-refractivity contribution in [2.75, 3.05) is 6.54 Å². The van der Waals surface area contributed by atoms with Gasteiger partial charge in [-0.1, -0.05) is 50.6 Å². The average molecular weight is 547 g/mol. The van der Waals surface area contributed by atoms with Crippen molar-refractivity contribution >= 4 is 34.1 Å². The first-order chi connectivity index (χ1) is 18.6. The van der Waals surface area contributed by atoms with Crippen LogP contribution in [-0.4, -0.2) is 31.8 Å². The molecule has 1 unspecified atom stereocenters. The van der Waals surface area contributed by atoms with E-state index in [2.05, 4.69) is 13.8 Å². The molecule has 1 atom stereocenters. The standard InChI is InChI=1S/C30H31ClN4O4/c1-5-26(33(16-15-19(2)3)29(36)21-9-8-10-23(18-21)35(38)39)28-32-25-12-7-6-11-24(25)30(37)34(28)27-14-13-22(31)17-20(27)4/h6-14,17-19,26H,5,15-16H2,1-4H3. The molecule has 0 bridgehead atoms. The number of aromatic nitrogens is 2. The van der Waals surface area contributed by atoms with Gasteiger partial charge in [0, 0.05) is 29.3 Å². The first-order valence-corrected chi connectivity index (χ1v) is 13.3. The van der Waals surface area contributed by atoms with Crippen molar-refractivity contribution in [3.63, 3.8) is 0 Å². The van der Waals surface area contributed by atoms with E-state index >= 15 is 0 Å². The summed E-state index contributed by atoms with van der Waals surface area (Å²) in [6, 6.07) is 17.6. The molecule has 0 radical (unpaired) electrons. The molecule has 0 N–H and O–H groups in total. The molecular formula is C30H31ClN4O4. The Morgan fingerprint density at radius 1 is 1.10 bits per heavy atom. The van der Waals surface area contributed by atoms with Gasteiger partial charge in [0.15, 0.2) is 0 Å². The van der Waals surface area contributed by atoms with Gasteiger partial charge in [-0.2, -0.15) is 0 Å². The molecule has 0 saturated carbocycles. The molecule has 8 nitrogen and oxygen atoms in total. The quantitative estimate of drug-likeness (QED) is 0.168. The number of benzene rings is 3. The van der Waals surface area contributed by atoms with E-state index in [0.717, 1.165) is 5.56 Å². The monoisotopic (exact) mass is 546 g/mol. The molecular weight excluding hydrogens is 516 g/mol. The zero-order valence-electron chi connectivity index (χ0n) is 22.4. The van der Waals surface area contributed by atoms with Gasteiger partial charge < -0.3 is 4.90 Å². The number of hydrogen-bond acceptors (Lipinski definition) is 5. The van der Waals surface area contributed by atoms with Gasteiger partial charge in [0.2, 0.25) is 0 Å². The second-order valence-electron chi connectivity index (χ2n) is 9.97. The topological polar surface area (TPSA) is 98.3 Å². The number of nitrogens with zero attached hydrogens (tertiary/aromatic N) is 4. The van der Waals surface area contributed by atoms with E-state index in [1.165, 1.54) is 18.2 Å². The Bertz CT molecular complexity index is 1600. The van der Waals surface area contributed by atoms with E-state index in [-0.39, 0.29) is 22.7 Å². The second-order valence-corrected chi connectivity index (χ2v) is 10.4. The number of carbonyl (C=O) groups is 1. The lowest BCUT2D eigenvalue weighted by molar-refractivity contribution is -0.384. The number of para-hydroxylation sites is 1. The summed E-state index contributed by atoms with van der Waals surface area (Å²) < 4.78 is 1.57. The number of aryl methyl sites for hydroxylation is 1. The number of carbonyl (C=O) groups excluding carboxylic acids is 1. The van der Waals surface area contributed by atoms with Crippen LogP contribution in [0.4, 0.5) is 5.69 Å². The summed E-state index contributed by atoms with van der Waals surface area (Å²) in [4.78, 5) is 45.5. The molecule has 0 aliphatic carbocycles. The van der Waals surface area contributed by atoms with E-state index in [1.54, 1.807) is 51.9 Å². The third kappa shape index (κ3) is 5.86. The van der Waals surface area contributed by atoms with Gasteiger partial charge in [0.05, 0.1) is 27.6 Å². The van der Waals surface area contributed by atoms with Crippen molar-refractivity contribution in [3.05, 3.63) is 109 Å². The molecule has 0 aliphatic heterocycles. The molecule has 1 aromatic heterocycles. The van der Waals surface area contributed by atoms with Crippen LogP contribution in [0.2, 0.25) is 5.02 Å². The fraction of sp³-hybridized carbons (Fsp3) is 0.300. The van der Waals surface area contributed by atoms with Gasteiger partial charge in [0.25, 0.3) is 17.2 Å². The maximum absolute atomic E-state index is 14.0. The molecule has 0 fully saturated rings. The zero-order chi connectivity index (χ0) is 28.3. The molecule has 1 amide bonds. The highest BCUT2D eigenvalue weighted by Crippen LogP contribution is 2.30. The minimum Gasteiger partial charge on any atom is -0.328 e. The minimum absolute atomic E-state index is 0.157. The number of nitro benzene ring substituents is 1. The lowest BCUT2D eigenvalue weighted by Gasteiger charge is -2.33. The second kappa shape index (κ2) is 11.8. The van der Waals surface area contributed by atoms with Crippen LogP contribution in [0, 0.1) is 23.0 Å². The van der Waals surface area contributed by atoms with Crippen molar-refractivity contribution in [3.8, 4) is 5.69 Å². The van der Waals surface area contributed by atoms with Crippen LogP contribution in [0.15, 0.2) is 71.5 Å².